The monoisotopic (exact) mass is 281 g/mol. The van der Waals surface area contributed by atoms with E-state index in [9.17, 15) is 0 Å². The fourth-order valence-corrected chi connectivity index (χ4v) is 4.86. The summed E-state index contributed by atoms with van der Waals surface area (Å²) in [5.74, 6) is 2.27. The van der Waals surface area contributed by atoms with E-state index >= 15 is 0 Å². The van der Waals surface area contributed by atoms with E-state index < -0.39 is 0 Å². The summed E-state index contributed by atoms with van der Waals surface area (Å²) < 4.78 is 2.47. The lowest BCUT2D eigenvalue weighted by Crippen LogP contribution is -2.39. The first-order valence-corrected chi connectivity index (χ1v) is 8.32. The van der Waals surface area contributed by atoms with E-state index in [2.05, 4.69) is 34.7 Å². The maximum atomic E-state index is 6.11. The molecule has 0 spiro atoms. The third kappa shape index (κ3) is 1.38. The Hall–Kier alpha value is -1.48. The maximum Gasteiger partial charge on any atom is 0.112 e. The number of hydrogen-bond acceptors (Lipinski definition) is 2. The van der Waals surface area contributed by atoms with Gasteiger partial charge >= 0.3 is 0 Å². The molecule has 1 saturated carbocycles. The van der Waals surface area contributed by atoms with Gasteiger partial charge in [0.25, 0.3) is 0 Å². The molecule has 0 radical (unpaired) electrons. The second-order valence-electron chi connectivity index (χ2n) is 7.24. The summed E-state index contributed by atoms with van der Waals surface area (Å²) in [6.07, 6.45) is 5.17. The largest absolute Gasteiger partial charge is 0.358 e. The molecule has 2 fully saturated rings. The van der Waals surface area contributed by atoms with Crippen LogP contribution < -0.4 is 10.6 Å². The van der Waals surface area contributed by atoms with Crippen LogP contribution >= 0.6 is 0 Å². The molecule has 3 aliphatic heterocycles. The van der Waals surface area contributed by atoms with Crippen LogP contribution in [-0.2, 0) is 12.5 Å². The van der Waals surface area contributed by atoms with Crippen molar-refractivity contribution >= 4 is 16.7 Å². The topological polar surface area (TPSA) is 34.2 Å². The minimum Gasteiger partial charge on any atom is -0.358 e. The number of aromatic nitrogens is 1. The number of nitrogens with two attached hydrogens (primary N) is 1. The van der Waals surface area contributed by atoms with Gasteiger partial charge in [0, 0.05) is 43.0 Å². The fraction of sp³-hybridized carbons (Fsp3) is 0.556. The van der Waals surface area contributed by atoms with Crippen molar-refractivity contribution in [2.24, 2.45) is 12.8 Å². The Bertz CT molecular complexity index is 730. The molecule has 0 amide bonds. The van der Waals surface area contributed by atoms with Crippen molar-refractivity contribution in [3.05, 3.63) is 29.3 Å². The number of rotatable bonds is 2. The van der Waals surface area contributed by atoms with E-state index in [-0.39, 0.29) is 5.41 Å². The highest BCUT2D eigenvalue weighted by molar-refractivity contribution is 5.94. The first-order chi connectivity index (χ1) is 10.2. The van der Waals surface area contributed by atoms with Crippen LogP contribution in [0, 0.1) is 0 Å². The van der Waals surface area contributed by atoms with Crippen LogP contribution in [0.1, 0.15) is 42.7 Å². The van der Waals surface area contributed by atoms with Crippen molar-refractivity contribution < 1.29 is 0 Å². The summed E-state index contributed by atoms with van der Waals surface area (Å²) in [4.78, 5) is 2.60. The number of fused-ring (bicyclic) bond motifs is 3. The highest BCUT2D eigenvalue weighted by Crippen LogP contribution is 2.53. The van der Waals surface area contributed by atoms with Gasteiger partial charge in [-0.05, 0) is 37.2 Å². The molecule has 1 aliphatic carbocycles. The van der Waals surface area contributed by atoms with E-state index in [0.29, 0.717) is 0 Å². The lowest BCUT2D eigenvalue weighted by Gasteiger charge is -2.41. The van der Waals surface area contributed by atoms with Gasteiger partial charge in [0.15, 0.2) is 0 Å². The van der Waals surface area contributed by atoms with Crippen molar-refractivity contribution in [2.45, 2.75) is 37.0 Å². The Morgan fingerprint density at radius 2 is 2.00 bits per heavy atom. The van der Waals surface area contributed by atoms with Crippen LogP contribution in [0.3, 0.4) is 0 Å². The number of anilines is 1. The van der Waals surface area contributed by atoms with Crippen molar-refractivity contribution in [3.63, 3.8) is 0 Å². The zero-order valence-corrected chi connectivity index (χ0v) is 12.7. The minimum atomic E-state index is 0.266. The highest BCUT2D eigenvalue weighted by Gasteiger charge is 2.45. The molecule has 3 heteroatoms. The van der Waals surface area contributed by atoms with Crippen molar-refractivity contribution in [1.29, 1.82) is 0 Å². The molecular weight excluding hydrogens is 258 g/mol. The number of nitrogens with zero attached hydrogens (tertiary/aromatic N) is 2. The Labute approximate surface area is 125 Å². The van der Waals surface area contributed by atoms with Crippen LogP contribution in [-0.4, -0.2) is 24.2 Å². The van der Waals surface area contributed by atoms with Crippen LogP contribution in [0.15, 0.2) is 18.2 Å². The van der Waals surface area contributed by atoms with Gasteiger partial charge in [0.05, 0.1) is 5.52 Å². The number of benzene rings is 1. The van der Waals surface area contributed by atoms with Crippen molar-refractivity contribution in [1.82, 2.24) is 4.57 Å². The van der Waals surface area contributed by atoms with Crippen molar-refractivity contribution in [3.8, 4) is 0 Å². The van der Waals surface area contributed by atoms with Gasteiger partial charge in [-0.1, -0.05) is 18.2 Å². The Morgan fingerprint density at radius 3 is 2.67 bits per heavy atom. The quantitative estimate of drug-likeness (QED) is 0.918. The SMILES string of the molecule is Cn1c2c(c3cccc(C4(CN)CC4)c31)C1CCN2CC1. The molecule has 2 N–H and O–H groups in total. The van der Waals surface area contributed by atoms with Crippen LogP contribution in [0.2, 0.25) is 0 Å². The first-order valence-electron chi connectivity index (χ1n) is 8.32. The molecule has 110 valence electrons. The lowest BCUT2D eigenvalue weighted by atomic mass is 9.83. The van der Waals surface area contributed by atoms with Crippen LogP contribution in [0.4, 0.5) is 5.82 Å². The normalized spacial score (nSPS) is 22.9. The molecule has 1 saturated heterocycles. The van der Waals surface area contributed by atoms with Gasteiger partial charge in [-0.3, -0.25) is 0 Å². The highest BCUT2D eigenvalue weighted by atomic mass is 15.3. The maximum absolute atomic E-state index is 6.11. The van der Waals surface area contributed by atoms with E-state index in [4.69, 9.17) is 5.73 Å². The van der Waals surface area contributed by atoms with E-state index in [1.54, 1.807) is 5.56 Å². The third-order valence-corrected chi connectivity index (χ3v) is 6.24. The van der Waals surface area contributed by atoms with Gasteiger partial charge in [0.2, 0.25) is 0 Å². The molecule has 3 nitrogen and oxygen atoms in total. The van der Waals surface area contributed by atoms with E-state index in [1.807, 2.05) is 0 Å². The minimum absolute atomic E-state index is 0.266. The average Bonchev–Trinajstić information content (AvgIpc) is 3.29. The predicted octanol–water partition coefficient (Wildman–Crippen LogP) is 2.87. The molecule has 0 unspecified atom stereocenters. The van der Waals surface area contributed by atoms with Crippen molar-refractivity contribution in [2.75, 3.05) is 24.5 Å². The summed E-state index contributed by atoms with van der Waals surface area (Å²) in [5, 5.41) is 1.50. The molecule has 21 heavy (non-hydrogen) atoms. The molecule has 1 aromatic carbocycles. The Kier molecular flexibility index (Phi) is 2.21. The first kappa shape index (κ1) is 12.1. The molecular formula is C18H23N3. The summed E-state index contributed by atoms with van der Waals surface area (Å²) >= 11 is 0. The standard InChI is InChI=1S/C18H23N3/c1-20-16-13(3-2-4-14(16)18(11-19)7-8-18)15-12-5-9-21(10-6-12)17(15)20/h2-4,12H,5-11,19H2,1H3. The zero-order valence-electron chi connectivity index (χ0n) is 12.7. The molecule has 1 aromatic heterocycles. The van der Waals surface area contributed by atoms with Gasteiger partial charge in [0.1, 0.15) is 5.82 Å². The summed E-state index contributed by atoms with van der Waals surface area (Å²) in [6, 6.07) is 6.92. The molecule has 4 aliphatic rings. The molecule has 2 bridgehead atoms. The van der Waals surface area contributed by atoms with Gasteiger partial charge in [-0.25, -0.2) is 0 Å². The summed E-state index contributed by atoms with van der Waals surface area (Å²) in [6.45, 7) is 3.26. The number of para-hydroxylation sites is 1. The lowest BCUT2D eigenvalue weighted by molar-refractivity contribution is 0.469. The molecule has 4 heterocycles. The second-order valence-corrected chi connectivity index (χ2v) is 7.24. The number of hydrogen-bond donors (Lipinski definition) is 1. The zero-order chi connectivity index (χ0) is 14.2. The Morgan fingerprint density at radius 1 is 1.24 bits per heavy atom. The van der Waals surface area contributed by atoms with E-state index in [1.165, 1.54) is 61.1 Å². The summed E-state index contributed by atoms with van der Waals surface area (Å²) in [7, 11) is 2.26. The smallest absolute Gasteiger partial charge is 0.112 e. The van der Waals surface area contributed by atoms with Crippen LogP contribution in [0.5, 0.6) is 0 Å². The van der Waals surface area contributed by atoms with Gasteiger partial charge in [-0.2, -0.15) is 0 Å². The van der Waals surface area contributed by atoms with Crippen LogP contribution in [0.25, 0.3) is 10.9 Å². The number of aryl methyl sites for hydroxylation is 1. The van der Waals surface area contributed by atoms with Gasteiger partial charge in [-0.15, -0.1) is 0 Å². The molecule has 6 rings (SSSR count). The summed E-state index contributed by atoms with van der Waals surface area (Å²) in [5.41, 5.74) is 11.0. The molecule has 0 atom stereocenters. The van der Waals surface area contributed by atoms with E-state index in [0.717, 1.165) is 12.5 Å². The Balaban J connectivity index is 1.86. The predicted molar refractivity (Wildman–Crippen MR) is 87.1 cm³/mol. The average molecular weight is 281 g/mol. The second kappa shape index (κ2) is 3.83. The fourth-order valence-electron chi connectivity index (χ4n) is 4.86. The third-order valence-electron chi connectivity index (χ3n) is 6.24. The number of piperidine rings is 1. The van der Waals surface area contributed by atoms with Gasteiger partial charge < -0.3 is 15.2 Å². The molecule has 2 aromatic rings.